The normalized spacial score (nSPS) is 11.0. The first kappa shape index (κ1) is 18.9. The Hall–Kier alpha value is -3.40. The second kappa shape index (κ2) is 7.92. The molecule has 2 heterocycles. The van der Waals surface area contributed by atoms with Gasteiger partial charge in [-0.15, -0.1) is 0 Å². The monoisotopic (exact) mass is 383 g/mol. The van der Waals surface area contributed by atoms with Crippen LogP contribution in [0, 0.1) is 13.8 Å². The number of benzene rings is 2. The van der Waals surface area contributed by atoms with Gasteiger partial charge in [-0.3, -0.25) is 9.20 Å². The number of hydrogen-bond acceptors (Lipinski definition) is 2. The van der Waals surface area contributed by atoms with Crippen LogP contribution in [0.15, 0.2) is 66.9 Å². The Morgan fingerprint density at radius 2 is 1.72 bits per heavy atom. The molecule has 0 aliphatic rings. The summed E-state index contributed by atoms with van der Waals surface area (Å²) in [6.45, 7) is 6.63. The molecule has 4 aromatic rings. The highest BCUT2D eigenvalue weighted by atomic mass is 16.1. The Balaban J connectivity index is 1.51. The third kappa shape index (κ3) is 3.92. The van der Waals surface area contributed by atoms with Crippen LogP contribution in [0.4, 0.5) is 0 Å². The van der Waals surface area contributed by atoms with E-state index in [1.807, 2.05) is 36.6 Å². The van der Waals surface area contributed by atoms with E-state index in [-0.39, 0.29) is 5.91 Å². The standard InChI is InChI=1S/C25H25N3O/c1-4-22-24(28-13-12-18(3)15-23(28)27-22)25(29)26-16-19-8-10-20(11-9-19)21-7-5-6-17(2)14-21/h5-15H,4,16H2,1-3H3,(H,26,29). The van der Waals surface area contributed by atoms with Crippen molar-refractivity contribution >= 4 is 11.6 Å². The summed E-state index contributed by atoms with van der Waals surface area (Å²) in [5.74, 6) is -0.0963. The van der Waals surface area contributed by atoms with Crippen LogP contribution in [0.5, 0.6) is 0 Å². The van der Waals surface area contributed by atoms with E-state index < -0.39 is 0 Å². The highest BCUT2D eigenvalue weighted by molar-refractivity contribution is 5.94. The average molecular weight is 383 g/mol. The summed E-state index contributed by atoms with van der Waals surface area (Å²) in [5.41, 5.74) is 8.08. The lowest BCUT2D eigenvalue weighted by Gasteiger charge is -2.08. The van der Waals surface area contributed by atoms with E-state index in [2.05, 4.69) is 65.8 Å². The minimum absolute atomic E-state index is 0.0963. The van der Waals surface area contributed by atoms with E-state index in [0.717, 1.165) is 22.5 Å². The molecule has 2 aromatic carbocycles. The average Bonchev–Trinajstić information content (AvgIpc) is 3.10. The van der Waals surface area contributed by atoms with E-state index in [4.69, 9.17) is 0 Å². The molecule has 0 saturated heterocycles. The SMILES string of the molecule is CCc1nc2cc(C)ccn2c1C(=O)NCc1ccc(-c2cccc(C)c2)cc1. The maximum Gasteiger partial charge on any atom is 0.270 e. The first-order valence-corrected chi connectivity index (χ1v) is 9.97. The van der Waals surface area contributed by atoms with Crippen LogP contribution in [0.25, 0.3) is 16.8 Å². The van der Waals surface area contributed by atoms with Crippen LogP contribution < -0.4 is 5.32 Å². The van der Waals surface area contributed by atoms with Crippen LogP contribution in [0.3, 0.4) is 0 Å². The van der Waals surface area contributed by atoms with Crippen molar-refractivity contribution in [3.05, 3.63) is 94.9 Å². The summed E-state index contributed by atoms with van der Waals surface area (Å²) in [6, 6.07) is 20.8. The summed E-state index contributed by atoms with van der Waals surface area (Å²) in [4.78, 5) is 17.5. The molecule has 4 rings (SSSR count). The van der Waals surface area contributed by atoms with E-state index in [9.17, 15) is 4.79 Å². The maximum absolute atomic E-state index is 12.9. The number of nitrogens with zero attached hydrogens (tertiary/aromatic N) is 2. The van der Waals surface area contributed by atoms with E-state index in [1.165, 1.54) is 16.7 Å². The fourth-order valence-corrected chi connectivity index (χ4v) is 3.59. The van der Waals surface area contributed by atoms with Gasteiger partial charge in [-0.05, 0) is 54.7 Å². The zero-order chi connectivity index (χ0) is 20.4. The number of rotatable bonds is 5. The summed E-state index contributed by atoms with van der Waals surface area (Å²) < 4.78 is 1.88. The van der Waals surface area contributed by atoms with E-state index in [1.54, 1.807) is 0 Å². The minimum atomic E-state index is -0.0963. The molecule has 1 N–H and O–H groups in total. The Labute approximate surface area is 171 Å². The topological polar surface area (TPSA) is 46.4 Å². The molecule has 4 heteroatoms. The molecule has 0 radical (unpaired) electrons. The van der Waals surface area contributed by atoms with Gasteiger partial charge in [-0.25, -0.2) is 4.98 Å². The lowest BCUT2D eigenvalue weighted by Crippen LogP contribution is -2.25. The van der Waals surface area contributed by atoms with Crippen molar-refractivity contribution in [1.29, 1.82) is 0 Å². The highest BCUT2D eigenvalue weighted by Crippen LogP contribution is 2.21. The number of carbonyl (C=O) groups excluding carboxylic acids is 1. The van der Waals surface area contributed by atoms with Gasteiger partial charge in [0.1, 0.15) is 11.3 Å². The molecule has 0 spiro atoms. The molecule has 0 atom stereocenters. The van der Waals surface area contributed by atoms with Crippen molar-refractivity contribution in [3.63, 3.8) is 0 Å². The molecule has 0 saturated carbocycles. The number of carbonyl (C=O) groups is 1. The van der Waals surface area contributed by atoms with Gasteiger partial charge in [-0.1, -0.05) is 61.0 Å². The van der Waals surface area contributed by atoms with Crippen molar-refractivity contribution in [2.75, 3.05) is 0 Å². The summed E-state index contributed by atoms with van der Waals surface area (Å²) >= 11 is 0. The summed E-state index contributed by atoms with van der Waals surface area (Å²) in [5, 5.41) is 3.05. The second-order valence-corrected chi connectivity index (χ2v) is 7.44. The third-order valence-electron chi connectivity index (χ3n) is 5.16. The smallest absolute Gasteiger partial charge is 0.270 e. The number of nitrogens with one attached hydrogen (secondary N) is 1. The number of aryl methyl sites for hydroxylation is 3. The Bertz CT molecular complexity index is 1170. The van der Waals surface area contributed by atoms with E-state index in [0.29, 0.717) is 18.7 Å². The molecule has 4 nitrogen and oxygen atoms in total. The van der Waals surface area contributed by atoms with Gasteiger partial charge in [0.2, 0.25) is 0 Å². The number of fused-ring (bicyclic) bond motifs is 1. The van der Waals surface area contributed by atoms with Gasteiger partial charge in [0.05, 0.1) is 5.69 Å². The lowest BCUT2D eigenvalue weighted by molar-refractivity contribution is 0.0944. The predicted molar refractivity (Wildman–Crippen MR) is 117 cm³/mol. The number of aromatic nitrogens is 2. The molecule has 146 valence electrons. The summed E-state index contributed by atoms with van der Waals surface area (Å²) in [6.07, 6.45) is 2.64. The fraction of sp³-hybridized carbons (Fsp3) is 0.200. The van der Waals surface area contributed by atoms with E-state index >= 15 is 0 Å². The van der Waals surface area contributed by atoms with Crippen molar-refractivity contribution in [2.45, 2.75) is 33.7 Å². The molecule has 0 bridgehead atoms. The first-order chi connectivity index (χ1) is 14.0. The fourth-order valence-electron chi connectivity index (χ4n) is 3.59. The largest absolute Gasteiger partial charge is 0.347 e. The molecule has 0 aliphatic heterocycles. The number of hydrogen-bond donors (Lipinski definition) is 1. The van der Waals surface area contributed by atoms with Crippen molar-refractivity contribution < 1.29 is 4.79 Å². The predicted octanol–water partition coefficient (Wildman–Crippen LogP) is 5.11. The molecule has 0 fully saturated rings. The minimum Gasteiger partial charge on any atom is -0.347 e. The Kier molecular flexibility index (Phi) is 5.17. The molecular weight excluding hydrogens is 358 g/mol. The van der Waals surface area contributed by atoms with Crippen LogP contribution in [-0.4, -0.2) is 15.3 Å². The quantitative estimate of drug-likeness (QED) is 0.520. The Morgan fingerprint density at radius 1 is 0.966 bits per heavy atom. The lowest BCUT2D eigenvalue weighted by atomic mass is 10.0. The van der Waals surface area contributed by atoms with Crippen molar-refractivity contribution in [2.24, 2.45) is 0 Å². The van der Waals surface area contributed by atoms with Gasteiger partial charge in [0.15, 0.2) is 0 Å². The van der Waals surface area contributed by atoms with Crippen LogP contribution in [-0.2, 0) is 13.0 Å². The molecule has 29 heavy (non-hydrogen) atoms. The van der Waals surface area contributed by atoms with Gasteiger partial charge in [0, 0.05) is 12.7 Å². The first-order valence-electron chi connectivity index (χ1n) is 9.97. The molecular formula is C25H25N3O. The van der Waals surface area contributed by atoms with Gasteiger partial charge < -0.3 is 5.32 Å². The van der Waals surface area contributed by atoms with Gasteiger partial charge in [-0.2, -0.15) is 0 Å². The molecule has 0 unspecified atom stereocenters. The van der Waals surface area contributed by atoms with Gasteiger partial charge in [0.25, 0.3) is 5.91 Å². The Morgan fingerprint density at radius 3 is 2.45 bits per heavy atom. The number of amides is 1. The van der Waals surface area contributed by atoms with Crippen molar-refractivity contribution in [3.8, 4) is 11.1 Å². The third-order valence-corrected chi connectivity index (χ3v) is 5.16. The second-order valence-electron chi connectivity index (χ2n) is 7.44. The molecule has 0 aliphatic carbocycles. The highest BCUT2D eigenvalue weighted by Gasteiger charge is 2.18. The maximum atomic E-state index is 12.9. The van der Waals surface area contributed by atoms with Crippen LogP contribution in [0.1, 0.15) is 39.8 Å². The number of imidazole rings is 1. The molecule has 1 amide bonds. The van der Waals surface area contributed by atoms with Gasteiger partial charge >= 0.3 is 0 Å². The zero-order valence-corrected chi connectivity index (χ0v) is 17.1. The van der Waals surface area contributed by atoms with Crippen molar-refractivity contribution in [1.82, 2.24) is 14.7 Å². The van der Waals surface area contributed by atoms with Crippen LogP contribution >= 0.6 is 0 Å². The molecule has 2 aromatic heterocycles. The van der Waals surface area contributed by atoms with Crippen LogP contribution in [0.2, 0.25) is 0 Å². The summed E-state index contributed by atoms with van der Waals surface area (Å²) in [7, 11) is 0. The number of pyridine rings is 1. The zero-order valence-electron chi connectivity index (χ0n) is 17.1.